The average molecular weight is 299 g/mol. The second kappa shape index (κ2) is 5.78. The summed E-state index contributed by atoms with van der Waals surface area (Å²) in [7, 11) is 2.13. The van der Waals surface area contributed by atoms with Gasteiger partial charge < -0.3 is 9.80 Å². The van der Waals surface area contributed by atoms with Crippen molar-refractivity contribution in [2.75, 3.05) is 31.6 Å². The molecule has 0 radical (unpaired) electrons. The molecule has 0 bridgehead atoms. The Balaban J connectivity index is 1.99. The van der Waals surface area contributed by atoms with Crippen LogP contribution in [0.5, 0.6) is 0 Å². The van der Waals surface area contributed by atoms with Gasteiger partial charge in [0.2, 0.25) is 0 Å². The Morgan fingerprint density at radius 2 is 2.12 bits per heavy atom. The molecule has 2 heterocycles. The van der Waals surface area contributed by atoms with Crippen LogP contribution in [0, 0.1) is 0 Å². The first kappa shape index (κ1) is 12.8. The molecule has 5 heteroatoms. The largest absolute Gasteiger partial charge is 0.356 e. The molecule has 1 saturated heterocycles. The molecular formula is C12H19BrN4. The van der Waals surface area contributed by atoms with Gasteiger partial charge in [0.1, 0.15) is 16.7 Å². The summed E-state index contributed by atoms with van der Waals surface area (Å²) in [5, 5.41) is 0. The minimum absolute atomic E-state index is 0.597. The normalized spacial score (nSPS) is 18.3. The number of aromatic nitrogens is 2. The number of halogens is 1. The van der Waals surface area contributed by atoms with Crippen molar-refractivity contribution < 1.29 is 0 Å². The summed E-state index contributed by atoms with van der Waals surface area (Å²) in [4.78, 5) is 13.2. The first-order valence-corrected chi connectivity index (χ1v) is 6.92. The van der Waals surface area contributed by atoms with Crippen molar-refractivity contribution in [3.05, 3.63) is 17.0 Å². The summed E-state index contributed by atoms with van der Waals surface area (Å²) in [6.07, 6.45) is 4.04. The van der Waals surface area contributed by atoms with E-state index in [0.717, 1.165) is 17.0 Å². The monoisotopic (exact) mass is 298 g/mol. The molecule has 1 aliphatic heterocycles. The highest BCUT2D eigenvalue weighted by Gasteiger charge is 2.22. The van der Waals surface area contributed by atoms with Gasteiger partial charge in [-0.2, -0.15) is 0 Å². The van der Waals surface area contributed by atoms with Crippen LogP contribution < -0.4 is 4.90 Å². The maximum Gasteiger partial charge on any atom is 0.133 e. The van der Waals surface area contributed by atoms with Crippen molar-refractivity contribution >= 4 is 21.7 Å². The standard InChI is InChI=1S/C12H19BrN4/c1-3-17-6-4-10(5-7-17)16(2)12-8-11(13)14-9-15-12/h8-10H,3-7H2,1-2H3. The van der Waals surface area contributed by atoms with Crippen molar-refractivity contribution in [2.45, 2.75) is 25.8 Å². The summed E-state index contributed by atoms with van der Waals surface area (Å²) < 4.78 is 0.848. The van der Waals surface area contributed by atoms with E-state index in [1.807, 2.05) is 6.07 Å². The third-order valence-corrected chi connectivity index (χ3v) is 3.97. The molecule has 0 aliphatic carbocycles. The van der Waals surface area contributed by atoms with E-state index < -0.39 is 0 Å². The van der Waals surface area contributed by atoms with Crippen LogP contribution in [-0.4, -0.2) is 47.6 Å². The van der Waals surface area contributed by atoms with Gasteiger partial charge in [0.25, 0.3) is 0 Å². The smallest absolute Gasteiger partial charge is 0.133 e. The van der Waals surface area contributed by atoms with Gasteiger partial charge in [0.05, 0.1) is 0 Å². The van der Waals surface area contributed by atoms with Crippen molar-refractivity contribution in [1.82, 2.24) is 14.9 Å². The fraction of sp³-hybridized carbons (Fsp3) is 0.667. The van der Waals surface area contributed by atoms with Crippen LogP contribution in [0.4, 0.5) is 5.82 Å². The highest BCUT2D eigenvalue weighted by Crippen LogP contribution is 2.21. The molecular weight excluding hydrogens is 280 g/mol. The van der Waals surface area contributed by atoms with Crippen LogP contribution in [0.2, 0.25) is 0 Å². The minimum atomic E-state index is 0.597. The third kappa shape index (κ3) is 3.16. The molecule has 2 rings (SSSR count). The number of likely N-dealkylation sites (tertiary alicyclic amines) is 1. The second-order valence-electron chi connectivity index (χ2n) is 4.48. The first-order chi connectivity index (χ1) is 8.20. The number of hydrogen-bond donors (Lipinski definition) is 0. The summed E-state index contributed by atoms with van der Waals surface area (Å²) in [6.45, 7) is 5.77. The van der Waals surface area contributed by atoms with Crippen LogP contribution in [0.3, 0.4) is 0 Å². The van der Waals surface area contributed by atoms with E-state index in [1.54, 1.807) is 6.33 Å². The van der Waals surface area contributed by atoms with Crippen LogP contribution in [0.1, 0.15) is 19.8 Å². The van der Waals surface area contributed by atoms with E-state index in [9.17, 15) is 0 Å². The van der Waals surface area contributed by atoms with Crippen molar-refractivity contribution in [3.63, 3.8) is 0 Å². The minimum Gasteiger partial charge on any atom is -0.356 e. The number of piperidine rings is 1. The van der Waals surface area contributed by atoms with Crippen LogP contribution in [0.25, 0.3) is 0 Å². The Hall–Kier alpha value is -0.680. The van der Waals surface area contributed by atoms with Gasteiger partial charge in [-0.15, -0.1) is 0 Å². The first-order valence-electron chi connectivity index (χ1n) is 6.13. The number of rotatable bonds is 3. The number of nitrogens with zero attached hydrogens (tertiary/aromatic N) is 4. The van der Waals surface area contributed by atoms with Crippen LogP contribution in [-0.2, 0) is 0 Å². The van der Waals surface area contributed by atoms with Gasteiger partial charge in [-0.25, -0.2) is 9.97 Å². The zero-order valence-corrected chi connectivity index (χ0v) is 12.0. The molecule has 0 amide bonds. The van der Waals surface area contributed by atoms with Crippen molar-refractivity contribution in [2.24, 2.45) is 0 Å². The van der Waals surface area contributed by atoms with E-state index in [-0.39, 0.29) is 0 Å². The quantitative estimate of drug-likeness (QED) is 0.801. The van der Waals surface area contributed by atoms with Gasteiger partial charge in [-0.05, 0) is 35.3 Å². The number of hydrogen-bond acceptors (Lipinski definition) is 4. The molecule has 94 valence electrons. The maximum absolute atomic E-state index is 4.33. The molecule has 17 heavy (non-hydrogen) atoms. The van der Waals surface area contributed by atoms with Gasteiger partial charge >= 0.3 is 0 Å². The Labute approximate surface area is 111 Å². The lowest BCUT2D eigenvalue weighted by molar-refractivity contribution is 0.220. The lowest BCUT2D eigenvalue weighted by atomic mass is 10.0. The molecule has 1 fully saturated rings. The molecule has 0 aromatic carbocycles. The van der Waals surface area contributed by atoms with Crippen molar-refractivity contribution in [3.8, 4) is 0 Å². The second-order valence-corrected chi connectivity index (χ2v) is 5.29. The lowest BCUT2D eigenvalue weighted by Crippen LogP contribution is -2.43. The molecule has 0 unspecified atom stereocenters. The Morgan fingerprint density at radius 3 is 2.71 bits per heavy atom. The van der Waals surface area contributed by atoms with Crippen molar-refractivity contribution in [1.29, 1.82) is 0 Å². The van der Waals surface area contributed by atoms with Gasteiger partial charge in [-0.3, -0.25) is 0 Å². The molecule has 0 saturated carbocycles. The van der Waals surface area contributed by atoms with Crippen LogP contribution in [0.15, 0.2) is 17.0 Å². The van der Waals surface area contributed by atoms with E-state index in [4.69, 9.17) is 0 Å². The van der Waals surface area contributed by atoms with E-state index >= 15 is 0 Å². The fourth-order valence-corrected chi connectivity index (χ4v) is 2.62. The molecule has 1 aliphatic rings. The highest BCUT2D eigenvalue weighted by atomic mass is 79.9. The van der Waals surface area contributed by atoms with E-state index in [1.165, 1.54) is 25.9 Å². The zero-order valence-electron chi connectivity index (χ0n) is 10.4. The van der Waals surface area contributed by atoms with Gasteiger partial charge in [0, 0.05) is 32.2 Å². The molecule has 4 nitrogen and oxygen atoms in total. The zero-order chi connectivity index (χ0) is 12.3. The third-order valence-electron chi connectivity index (χ3n) is 3.53. The number of anilines is 1. The van der Waals surface area contributed by atoms with Gasteiger partial charge in [0.15, 0.2) is 0 Å². The molecule has 1 aromatic rings. The van der Waals surface area contributed by atoms with E-state index in [0.29, 0.717) is 6.04 Å². The fourth-order valence-electron chi connectivity index (χ4n) is 2.33. The summed E-state index contributed by atoms with van der Waals surface area (Å²) in [5.41, 5.74) is 0. The predicted molar refractivity (Wildman–Crippen MR) is 73.3 cm³/mol. The topological polar surface area (TPSA) is 32.3 Å². The lowest BCUT2D eigenvalue weighted by Gasteiger charge is -2.36. The Kier molecular flexibility index (Phi) is 4.34. The van der Waals surface area contributed by atoms with Gasteiger partial charge in [-0.1, -0.05) is 6.92 Å². The molecule has 0 spiro atoms. The highest BCUT2D eigenvalue weighted by molar-refractivity contribution is 9.10. The molecule has 0 atom stereocenters. The molecule has 1 aromatic heterocycles. The summed E-state index contributed by atoms with van der Waals surface area (Å²) in [6, 6.07) is 2.58. The van der Waals surface area contributed by atoms with Crippen LogP contribution >= 0.6 is 15.9 Å². The Morgan fingerprint density at radius 1 is 1.41 bits per heavy atom. The molecule has 0 N–H and O–H groups in total. The Bertz CT molecular complexity index is 363. The average Bonchev–Trinajstić information content (AvgIpc) is 2.38. The predicted octanol–water partition coefficient (Wildman–Crippen LogP) is 2.16. The summed E-state index contributed by atoms with van der Waals surface area (Å²) >= 11 is 3.39. The maximum atomic E-state index is 4.33. The SMILES string of the molecule is CCN1CCC(N(C)c2cc(Br)ncn2)CC1. The summed E-state index contributed by atoms with van der Waals surface area (Å²) in [5.74, 6) is 1.00. The van der Waals surface area contributed by atoms with E-state index in [2.05, 4.69) is 49.7 Å².